The first-order valence-corrected chi connectivity index (χ1v) is 7.17. The highest BCUT2D eigenvalue weighted by atomic mass is 16.4. The molecule has 0 atom stereocenters. The Morgan fingerprint density at radius 1 is 1.33 bits per heavy atom. The van der Waals surface area contributed by atoms with Crippen molar-refractivity contribution in [3.8, 4) is 6.07 Å². The molecule has 5 heteroatoms. The van der Waals surface area contributed by atoms with E-state index in [2.05, 4.69) is 11.4 Å². The van der Waals surface area contributed by atoms with Gasteiger partial charge in [0.2, 0.25) is 0 Å². The molecule has 112 valence electrons. The maximum atomic E-state index is 10.9. The Labute approximate surface area is 124 Å². The summed E-state index contributed by atoms with van der Waals surface area (Å²) in [7, 11) is 0. The number of hydrogen-bond donors (Lipinski definition) is 3. The van der Waals surface area contributed by atoms with E-state index in [9.17, 15) is 9.90 Å². The first-order valence-electron chi connectivity index (χ1n) is 7.17. The number of aliphatic hydroxyl groups is 1. The SMILES string of the molecule is N#CCc1ccc(NCC2(O)CCC(C(=O)O)CC2)cc1. The minimum Gasteiger partial charge on any atom is -0.481 e. The molecule has 0 aliphatic heterocycles. The van der Waals surface area contributed by atoms with Crippen LogP contribution in [0.1, 0.15) is 31.2 Å². The summed E-state index contributed by atoms with van der Waals surface area (Å²) in [5.41, 5.74) is 1.02. The summed E-state index contributed by atoms with van der Waals surface area (Å²) in [5.74, 6) is -1.09. The number of carboxylic acids is 1. The zero-order valence-electron chi connectivity index (χ0n) is 11.9. The molecule has 3 N–H and O–H groups in total. The van der Waals surface area contributed by atoms with E-state index in [1.54, 1.807) is 0 Å². The molecule has 1 aliphatic rings. The van der Waals surface area contributed by atoms with Crippen molar-refractivity contribution in [2.45, 2.75) is 37.7 Å². The van der Waals surface area contributed by atoms with Gasteiger partial charge in [0.05, 0.1) is 24.0 Å². The Hall–Kier alpha value is -2.06. The highest BCUT2D eigenvalue weighted by molar-refractivity contribution is 5.70. The van der Waals surface area contributed by atoms with E-state index in [1.165, 1.54) is 0 Å². The fourth-order valence-corrected chi connectivity index (χ4v) is 2.68. The monoisotopic (exact) mass is 288 g/mol. The van der Waals surface area contributed by atoms with Crippen molar-refractivity contribution in [2.75, 3.05) is 11.9 Å². The van der Waals surface area contributed by atoms with Crippen molar-refractivity contribution in [3.05, 3.63) is 29.8 Å². The second-order valence-electron chi connectivity index (χ2n) is 5.72. The van der Waals surface area contributed by atoms with Crippen molar-refractivity contribution in [2.24, 2.45) is 5.92 Å². The topological polar surface area (TPSA) is 93.4 Å². The Bertz CT molecular complexity index is 525. The van der Waals surface area contributed by atoms with E-state index in [0.29, 0.717) is 38.6 Å². The van der Waals surface area contributed by atoms with Crippen molar-refractivity contribution in [1.29, 1.82) is 5.26 Å². The Balaban J connectivity index is 1.85. The average molecular weight is 288 g/mol. The van der Waals surface area contributed by atoms with Crippen LogP contribution in [0.2, 0.25) is 0 Å². The molecule has 2 rings (SSSR count). The number of nitrogens with one attached hydrogen (secondary N) is 1. The number of anilines is 1. The second kappa shape index (κ2) is 6.59. The molecule has 0 unspecified atom stereocenters. The number of carbonyl (C=O) groups is 1. The Morgan fingerprint density at radius 3 is 2.48 bits per heavy atom. The zero-order valence-corrected chi connectivity index (χ0v) is 11.9. The largest absolute Gasteiger partial charge is 0.481 e. The fraction of sp³-hybridized carbons (Fsp3) is 0.500. The maximum absolute atomic E-state index is 10.9. The van der Waals surface area contributed by atoms with Gasteiger partial charge >= 0.3 is 5.97 Å². The molecular formula is C16H20N2O3. The number of nitrogens with zero attached hydrogens (tertiary/aromatic N) is 1. The number of benzene rings is 1. The summed E-state index contributed by atoms with van der Waals surface area (Å²) in [4.78, 5) is 10.9. The van der Waals surface area contributed by atoms with E-state index >= 15 is 0 Å². The molecule has 0 amide bonds. The van der Waals surface area contributed by atoms with E-state index in [1.807, 2.05) is 24.3 Å². The zero-order chi connectivity index (χ0) is 15.3. The molecule has 0 aromatic heterocycles. The van der Waals surface area contributed by atoms with Crippen molar-refractivity contribution in [1.82, 2.24) is 0 Å². The summed E-state index contributed by atoms with van der Waals surface area (Å²) in [6, 6.07) is 9.65. The van der Waals surface area contributed by atoms with Crippen molar-refractivity contribution >= 4 is 11.7 Å². The van der Waals surface area contributed by atoms with E-state index in [-0.39, 0.29) is 5.92 Å². The molecule has 1 aromatic rings. The fourth-order valence-electron chi connectivity index (χ4n) is 2.68. The van der Waals surface area contributed by atoms with Gasteiger partial charge in [-0.3, -0.25) is 4.79 Å². The molecule has 0 spiro atoms. The molecule has 1 aliphatic carbocycles. The third kappa shape index (κ3) is 4.20. The number of aliphatic carboxylic acids is 1. The Kier molecular flexibility index (Phi) is 4.81. The number of hydrogen-bond acceptors (Lipinski definition) is 4. The van der Waals surface area contributed by atoms with Crippen LogP contribution in [0.4, 0.5) is 5.69 Å². The third-order valence-electron chi connectivity index (χ3n) is 4.12. The molecule has 5 nitrogen and oxygen atoms in total. The van der Waals surface area contributed by atoms with Gasteiger partial charge in [-0.15, -0.1) is 0 Å². The molecule has 1 saturated carbocycles. The number of carboxylic acid groups (broad SMARTS) is 1. The van der Waals surface area contributed by atoms with E-state index < -0.39 is 11.6 Å². The average Bonchev–Trinajstić information content (AvgIpc) is 2.47. The highest BCUT2D eigenvalue weighted by Gasteiger charge is 2.35. The lowest BCUT2D eigenvalue weighted by atomic mass is 9.79. The molecule has 0 radical (unpaired) electrons. The van der Waals surface area contributed by atoms with Crippen LogP contribution in [0, 0.1) is 17.2 Å². The van der Waals surface area contributed by atoms with E-state index in [4.69, 9.17) is 10.4 Å². The van der Waals surface area contributed by atoms with Gasteiger partial charge in [0.1, 0.15) is 0 Å². The predicted octanol–water partition coefficient (Wildman–Crippen LogP) is 2.17. The summed E-state index contributed by atoms with van der Waals surface area (Å²) in [5, 5.41) is 31.2. The van der Waals surface area contributed by atoms with Crippen LogP contribution in [0.15, 0.2) is 24.3 Å². The lowest BCUT2D eigenvalue weighted by Gasteiger charge is -2.35. The Morgan fingerprint density at radius 2 is 1.95 bits per heavy atom. The highest BCUT2D eigenvalue weighted by Crippen LogP contribution is 2.32. The lowest BCUT2D eigenvalue weighted by molar-refractivity contribution is -0.144. The van der Waals surface area contributed by atoms with Crippen molar-refractivity contribution in [3.63, 3.8) is 0 Å². The third-order valence-corrected chi connectivity index (χ3v) is 4.12. The smallest absolute Gasteiger partial charge is 0.306 e. The molecular weight excluding hydrogens is 268 g/mol. The van der Waals surface area contributed by atoms with Gasteiger partial charge in [-0.1, -0.05) is 12.1 Å². The van der Waals surface area contributed by atoms with Gasteiger partial charge in [-0.05, 0) is 43.4 Å². The first kappa shape index (κ1) is 15.3. The summed E-state index contributed by atoms with van der Waals surface area (Å²) in [6.45, 7) is 0.414. The van der Waals surface area contributed by atoms with Crippen LogP contribution in [0.25, 0.3) is 0 Å². The quantitative estimate of drug-likeness (QED) is 0.772. The minimum absolute atomic E-state index is 0.324. The van der Waals surface area contributed by atoms with Crippen LogP contribution < -0.4 is 5.32 Å². The van der Waals surface area contributed by atoms with Crippen LogP contribution in [0.5, 0.6) is 0 Å². The molecule has 21 heavy (non-hydrogen) atoms. The van der Waals surface area contributed by atoms with Gasteiger partial charge in [-0.25, -0.2) is 0 Å². The molecule has 1 aromatic carbocycles. The predicted molar refractivity (Wildman–Crippen MR) is 78.8 cm³/mol. The van der Waals surface area contributed by atoms with Gasteiger partial charge in [0.25, 0.3) is 0 Å². The van der Waals surface area contributed by atoms with Crippen LogP contribution in [-0.2, 0) is 11.2 Å². The molecule has 0 saturated heterocycles. The summed E-state index contributed by atoms with van der Waals surface area (Å²) >= 11 is 0. The van der Waals surface area contributed by atoms with Gasteiger partial charge in [0, 0.05) is 12.2 Å². The van der Waals surface area contributed by atoms with E-state index in [0.717, 1.165) is 11.3 Å². The number of nitriles is 1. The molecule has 1 fully saturated rings. The first-order chi connectivity index (χ1) is 10.0. The summed E-state index contributed by atoms with van der Waals surface area (Å²) in [6.07, 6.45) is 2.44. The van der Waals surface area contributed by atoms with Crippen LogP contribution >= 0.6 is 0 Å². The summed E-state index contributed by atoms with van der Waals surface area (Å²) < 4.78 is 0. The van der Waals surface area contributed by atoms with Gasteiger partial charge in [-0.2, -0.15) is 5.26 Å². The van der Waals surface area contributed by atoms with Crippen LogP contribution in [0.3, 0.4) is 0 Å². The molecule has 0 heterocycles. The van der Waals surface area contributed by atoms with Crippen molar-refractivity contribution < 1.29 is 15.0 Å². The lowest BCUT2D eigenvalue weighted by Crippen LogP contribution is -2.41. The maximum Gasteiger partial charge on any atom is 0.306 e. The second-order valence-corrected chi connectivity index (χ2v) is 5.72. The number of rotatable bonds is 5. The van der Waals surface area contributed by atoms with Crippen LogP contribution in [-0.4, -0.2) is 28.3 Å². The minimum atomic E-state index is -0.836. The molecule has 0 bridgehead atoms. The normalized spacial score (nSPS) is 25.0. The van der Waals surface area contributed by atoms with Gasteiger partial charge < -0.3 is 15.5 Å². The standard InChI is InChI=1S/C16H20N2O3/c17-10-7-12-1-3-14(4-2-12)18-11-16(21)8-5-13(6-9-16)15(19)20/h1-4,13,18,21H,5-9,11H2,(H,19,20). The van der Waals surface area contributed by atoms with Gasteiger partial charge in [0.15, 0.2) is 0 Å².